The minimum atomic E-state index is -0.313. The molecule has 7 nitrogen and oxygen atoms in total. The highest BCUT2D eigenvalue weighted by molar-refractivity contribution is 7.99. The third-order valence-electron chi connectivity index (χ3n) is 2.47. The Balaban J connectivity index is 2.50. The zero-order chi connectivity index (χ0) is 14.9. The molecule has 106 valence electrons. The Hall–Kier alpha value is -1.67. The van der Waals surface area contributed by atoms with Crippen LogP contribution >= 0.6 is 23.4 Å². The van der Waals surface area contributed by atoms with Crippen molar-refractivity contribution in [2.24, 2.45) is 0 Å². The Bertz CT molecular complexity index is 709. The number of halogens is 1. The van der Waals surface area contributed by atoms with Crippen LogP contribution in [0.4, 0.5) is 0 Å². The van der Waals surface area contributed by atoms with Crippen molar-refractivity contribution < 1.29 is 4.79 Å². The average Bonchev–Trinajstić information content (AvgIpc) is 2.70. The summed E-state index contributed by atoms with van der Waals surface area (Å²) in [6.45, 7) is 5.39. The van der Waals surface area contributed by atoms with Crippen LogP contribution in [0.2, 0.25) is 5.15 Å². The fourth-order valence-corrected chi connectivity index (χ4v) is 3.00. The van der Waals surface area contributed by atoms with Crippen LogP contribution in [0.1, 0.15) is 36.1 Å². The van der Waals surface area contributed by atoms with Crippen LogP contribution in [-0.4, -0.2) is 31.0 Å². The van der Waals surface area contributed by atoms with Crippen LogP contribution in [0.15, 0.2) is 15.0 Å². The number of hydrogen-bond donors (Lipinski definition) is 1. The number of carbonyl (C=O) groups is 1. The molecule has 0 aliphatic rings. The molecule has 0 saturated heterocycles. The van der Waals surface area contributed by atoms with Gasteiger partial charge in [-0.3, -0.25) is 9.36 Å². The number of aldehydes is 1. The minimum Gasteiger partial charge on any atom is -0.298 e. The SMILES string of the molecule is Cc1nc(Cl)c(C=O)c(Sc2n[nH]c(=O)n2C(C)C)n1. The Morgan fingerprint density at radius 2 is 2.10 bits per heavy atom. The molecule has 2 rings (SSSR count). The van der Waals surface area contributed by atoms with Crippen LogP contribution in [0.25, 0.3) is 0 Å². The summed E-state index contributed by atoms with van der Waals surface area (Å²) >= 11 is 7.01. The van der Waals surface area contributed by atoms with Gasteiger partial charge in [-0.05, 0) is 32.5 Å². The monoisotopic (exact) mass is 313 g/mol. The van der Waals surface area contributed by atoms with E-state index < -0.39 is 0 Å². The van der Waals surface area contributed by atoms with Crippen molar-refractivity contribution in [1.29, 1.82) is 0 Å². The summed E-state index contributed by atoms with van der Waals surface area (Å²) in [6, 6.07) is -0.0677. The number of H-pyrrole nitrogens is 1. The van der Waals surface area contributed by atoms with Crippen molar-refractivity contribution in [3.63, 3.8) is 0 Å². The molecule has 9 heteroatoms. The first-order chi connectivity index (χ1) is 9.43. The fourth-order valence-electron chi connectivity index (χ4n) is 1.60. The van der Waals surface area contributed by atoms with Gasteiger partial charge in [0.25, 0.3) is 0 Å². The number of carbonyl (C=O) groups excluding carboxylic acids is 1. The van der Waals surface area contributed by atoms with Crippen molar-refractivity contribution in [2.75, 3.05) is 0 Å². The molecule has 0 aliphatic heterocycles. The standard InChI is InChI=1S/C11H12ClN5O2S/c1-5(2)17-10(19)15-16-11(17)20-9-7(4-18)8(12)13-6(3)14-9/h4-5H,1-3H3,(H,15,19). The van der Waals surface area contributed by atoms with Gasteiger partial charge in [0, 0.05) is 6.04 Å². The highest BCUT2D eigenvalue weighted by atomic mass is 35.5. The summed E-state index contributed by atoms with van der Waals surface area (Å²) in [5.41, 5.74) is -0.125. The zero-order valence-electron chi connectivity index (χ0n) is 11.0. The molecule has 0 unspecified atom stereocenters. The number of nitrogens with zero attached hydrogens (tertiary/aromatic N) is 4. The Labute approximate surface area is 123 Å². The van der Waals surface area contributed by atoms with Crippen LogP contribution in [-0.2, 0) is 0 Å². The maximum Gasteiger partial charge on any atom is 0.344 e. The number of aryl methyl sites for hydroxylation is 1. The summed E-state index contributed by atoms with van der Waals surface area (Å²) in [5, 5.41) is 7.19. The second-order valence-corrected chi connectivity index (χ2v) is 5.59. The van der Waals surface area contributed by atoms with Crippen molar-refractivity contribution in [3.05, 3.63) is 27.0 Å². The molecule has 0 aromatic carbocycles. The third kappa shape index (κ3) is 2.75. The van der Waals surface area contributed by atoms with Crippen LogP contribution < -0.4 is 5.69 Å². The molecule has 20 heavy (non-hydrogen) atoms. The molecular formula is C11H12ClN5O2S. The van der Waals surface area contributed by atoms with Gasteiger partial charge in [0.1, 0.15) is 16.0 Å². The number of nitrogens with one attached hydrogen (secondary N) is 1. The molecule has 0 spiro atoms. The van der Waals surface area contributed by atoms with Crippen LogP contribution in [0.3, 0.4) is 0 Å². The minimum absolute atomic E-state index is 0.0677. The van der Waals surface area contributed by atoms with E-state index in [-0.39, 0.29) is 22.4 Å². The molecule has 2 aromatic heterocycles. The first kappa shape index (κ1) is 14.7. The van der Waals surface area contributed by atoms with Gasteiger partial charge in [0.2, 0.25) is 0 Å². The van der Waals surface area contributed by atoms with E-state index in [1.807, 2.05) is 13.8 Å². The Morgan fingerprint density at radius 3 is 2.70 bits per heavy atom. The summed E-state index contributed by atoms with van der Waals surface area (Å²) in [4.78, 5) is 30.9. The van der Waals surface area contributed by atoms with Crippen molar-refractivity contribution in [1.82, 2.24) is 24.7 Å². The van der Waals surface area contributed by atoms with Crippen LogP contribution in [0.5, 0.6) is 0 Å². The molecule has 0 bridgehead atoms. The molecule has 1 N–H and O–H groups in total. The van der Waals surface area contributed by atoms with Gasteiger partial charge in [-0.2, -0.15) is 0 Å². The van der Waals surface area contributed by atoms with Gasteiger partial charge in [-0.1, -0.05) is 11.6 Å². The number of hydrogen-bond acceptors (Lipinski definition) is 6. The first-order valence-electron chi connectivity index (χ1n) is 5.78. The second kappa shape index (κ2) is 5.76. The molecule has 0 atom stereocenters. The summed E-state index contributed by atoms with van der Waals surface area (Å²) in [6.07, 6.45) is 0.592. The maximum absolute atomic E-state index is 11.7. The van der Waals surface area contributed by atoms with Crippen molar-refractivity contribution in [3.8, 4) is 0 Å². The smallest absolute Gasteiger partial charge is 0.298 e. The molecule has 0 aliphatic carbocycles. The maximum atomic E-state index is 11.7. The zero-order valence-corrected chi connectivity index (χ0v) is 12.6. The van der Waals surface area contributed by atoms with E-state index in [0.717, 1.165) is 11.8 Å². The molecular weight excluding hydrogens is 302 g/mol. The van der Waals surface area contributed by atoms with Gasteiger partial charge in [0.15, 0.2) is 11.4 Å². The van der Waals surface area contributed by atoms with Crippen LogP contribution in [0, 0.1) is 6.92 Å². The van der Waals surface area contributed by atoms with Gasteiger partial charge >= 0.3 is 5.69 Å². The summed E-state index contributed by atoms with van der Waals surface area (Å²) in [7, 11) is 0. The fraction of sp³-hybridized carbons (Fsp3) is 0.364. The van der Waals surface area contributed by atoms with E-state index in [1.54, 1.807) is 6.92 Å². The lowest BCUT2D eigenvalue weighted by atomic mass is 10.4. The van der Waals surface area contributed by atoms with E-state index in [2.05, 4.69) is 20.2 Å². The van der Waals surface area contributed by atoms with Gasteiger partial charge in [-0.25, -0.2) is 19.9 Å². The van der Waals surface area contributed by atoms with E-state index in [4.69, 9.17) is 11.6 Å². The Kier molecular flexibility index (Phi) is 4.24. The predicted octanol–water partition coefficient (Wildman–Crippen LogP) is 1.87. The third-order valence-corrected chi connectivity index (χ3v) is 3.73. The topological polar surface area (TPSA) is 93.5 Å². The highest BCUT2D eigenvalue weighted by Crippen LogP contribution is 2.29. The van der Waals surface area contributed by atoms with Crippen molar-refractivity contribution in [2.45, 2.75) is 37.0 Å². The van der Waals surface area contributed by atoms with E-state index >= 15 is 0 Å². The predicted molar refractivity (Wildman–Crippen MR) is 74.5 cm³/mol. The largest absolute Gasteiger partial charge is 0.344 e. The molecule has 2 aromatic rings. The highest BCUT2D eigenvalue weighted by Gasteiger charge is 2.18. The van der Waals surface area contributed by atoms with E-state index in [9.17, 15) is 9.59 Å². The van der Waals surface area contributed by atoms with Gasteiger partial charge in [-0.15, -0.1) is 5.10 Å². The number of aromatic amines is 1. The molecule has 0 saturated carbocycles. The molecule has 0 fully saturated rings. The lowest BCUT2D eigenvalue weighted by molar-refractivity contribution is 0.112. The summed E-state index contributed by atoms with van der Waals surface area (Å²) in [5.74, 6) is 0.442. The summed E-state index contributed by atoms with van der Waals surface area (Å²) < 4.78 is 1.48. The number of rotatable bonds is 4. The lowest BCUT2D eigenvalue weighted by Gasteiger charge is -2.09. The molecule has 0 radical (unpaired) electrons. The first-order valence-corrected chi connectivity index (χ1v) is 6.97. The molecule has 0 amide bonds. The quantitative estimate of drug-likeness (QED) is 0.684. The van der Waals surface area contributed by atoms with E-state index in [1.165, 1.54) is 4.57 Å². The molecule has 2 heterocycles. The normalized spacial score (nSPS) is 11.1. The Morgan fingerprint density at radius 1 is 1.40 bits per heavy atom. The lowest BCUT2D eigenvalue weighted by Crippen LogP contribution is -2.19. The second-order valence-electron chi connectivity index (χ2n) is 4.28. The number of aromatic nitrogens is 5. The van der Waals surface area contributed by atoms with E-state index in [0.29, 0.717) is 22.3 Å². The van der Waals surface area contributed by atoms with Gasteiger partial charge < -0.3 is 0 Å². The van der Waals surface area contributed by atoms with Crippen molar-refractivity contribution >= 4 is 29.6 Å². The average molecular weight is 314 g/mol. The van der Waals surface area contributed by atoms with Gasteiger partial charge in [0.05, 0.1) is 5.56 Å².